The van der Waals surface area contributed by atoms with Gasteiger partial charge >= 0.3 is 5.97 Å². The number of sulfonamides is 2. The molecule has 0 spiro atoms. The summed E-state index contributed by atoms with van der Waals surface area (Å²) in [6.07, 6.45) is 0. The molecule has 0 atom stereocenters. The average molecular weight is 461 g/mol. The van der Waals surface area contributed by atoms with Crippen molar-refractivity contribution in [2.75, 3.05) is 31.0 Å². The molecule has 0 bridgehead atoms. The molecular weight excluding hydrogens is 444 g/mol. The molecular formula is C17H17ClN2O7S2. The SMILES string of the molecule is O=C(O)c1cc(S(=O)(=O)Nc2ccc(S(=O)(=O)N3CCOCC3)cc2)ccc1Cl. The highest BCUT2D eigenvalue weighted by Gasteiger charge is 2.26. The standard InChI is InChI=1S/C17H17ClN2O7S2/c18-16-6-5-14(11-15(16)17(21)22)28(23,24)19-12-1-3-13(4-2-12)29(25,26)20-7-9-27-10-8-20/h1-6,11,19H,7-10H2,(H,21,22). The number of rotatable bonds is 6. The number of halogens is 1. The molecule has 29 heavy (non-hydrogen) atoms. The maximum absolute atomic E-state index is 12.6. The highest BCUT2D eigenvalue weighted by Crippen LogP contribution is 2.24. The summed E-state index contributed by atoms with van der Waals surface area (Å²) in [5, 5.41) is 9.00. The van der Waals surface area contributed by atoms with E-state index in [1.165, 1.54) is 40.7 Å². The van der Waals surface area contributed by atoms with Crippen LogP contribution in [0.3, 0.4) is 0 Å². The second-order valence-electron chi connectivity index (χ2n) is 6.09. The van der Waals surface area contributed by atoms with E-state index < -0.39 is 26.0 Å². The molecule has 2 aromatic carbocycles. The quantitative estimate of drug-likeness (QED) is 0.672. The van der Waals surface area contributed by atoms with E-state index in [-0.39, 0.29) is 39.2 Å². The molecule has 1 saturated heterocycles. The van der Waals surface area contributed by atoms with Gasteiger partial charge in [-0.3, -0.25) is 4.72 Å². The Morgan fingerprint density at radius 3 is 2.17 bits per heavy atom. The molecule has 2 aromatic rings. The van der Waals surface area contributed by atoms with Crippen LogP contribution in [0.2, 0.25) is 5.02 Å². The van der Waals surface area contributed by atoms with E-state index in [0.717, 1.165) is 6.07 Å². The van der Waals surface area contributed by atoms with Crippen molar-refractivity contribution in [3.63, 3.8) is 0 Å². The Kier molecular flexibility index (Phi) is 6.15. The van der Waals surface area contributed by atoms with E-state index in [2.05, 4.69) is 4.72 Å². The molecule has 0 amide bonds. The van der Waals surface area contributed by atoms with Crippen LogP contribution >= 0.6 is 11.6 Å². The van der Waals surface area contributed by atoms with E-state index in [0.29, 0.717) is 13.2 Å². The zero-order valence-electron chi connectivity index (χ0n) is 14.9. The lowest BCUT2D eigenvalue weighted by atomic mass is 10.2. The summed E-state index contributed by atoms with van der Waals surface area (Å²) in [7, 11) is -7.80. The molecule has 1 aliphatic rings. The number of hydrogen-bond acceptors (Lipinski definition) is 6. The number of morpholine rings is 1. The minimum absolute atomic E-state index is 0.0296. The van der Waals surface area contributed by atoms with Gasteiger partial charge in [0.15, 0.2) is 0 Å². The van der Waals surface area contributed by atoms with Crippen LogP contribution < -0.4 is 4.72 Å². The molecule has 0 aromatic heterocycles. The maximum atomic E-state index is 12.6. The zero-order chi connectivity index (χ0) is 21.2. The molecule has 9 nitrogen and oxygen atoms in total. The number of aromatic carboxylic acids is 1. The van der Waals surface area contributed by atoms with Gasteiger partial charge in [0.05, 0.1) is 33.6 Å². The Morgan fingerprint density at radius 1 is 1.00 bits per heavy atom. The first-order chi connectivity index (χ1) is 13.6. The fourth-order valence-corrected chi connectivity index (χ4v) is 5.37. The van der Waals surface area contributed by atoms with Gasteiger partial charge in [-0.15, -0.1) is 0 Å². The van der Waals surface area contributed by atoms with Gasteiger partial charge in [-0.05, 0) is 42.5 Å². The van der Waals surface area contributed by atoms with Crippen molar-refractivity contribution < 1.29 is 31.5 Å². The average Bonchev–Trinajstić information content (AvgIpc) is 2.68. The lowest BCUT2D eigenvalue weighted by Crippen LogP contribution is -2.40. The normalized spacial score (nSPS) is 15.8. The summed E-state index contributed by atoms with van der Waals surface area (Å²) in [5.74, 6) is -1.36. The fraction of sp³-hybridized carbons (Fsp3) is 0.235. The van der Waals surface area contributed by atoms with Gasteiger partial charge in [0.2, 0.25) is 10.0 Å². The number of nitrogens with one attached hydrogen (secondary N) is 1. The molecule has 1 fully saturated rings. The molecule has 12 heteroatoms. The monoisotopic (exact) mass is 460 g/mol. The third-order valence-corrected chi connectivity index (χ3v) is 7.81. The molecule has 2 N–H and O–H groups in total. The molecule has 0 saturated carbocycles. The van der Waals surface area contributed by atoms with Gasteiger partial charge in [0, 0.05) is 18.8 Å². The van der Waals surface area contributed by atoms with E-state index in [1.54, 1.807) is 0 Å². The molecule has 0 radical (unpaired) electrons. The van der Waals surface area contributed by atoms with Crippen LogP contribution in [0.25, 0.3) is 0 Å². The smallest absolute Gasteiger partial charge is 0.337 e. The zero-order valence-corrected chi connectivity index (χ0v) is 17.3. The third kappa shape index (κ3) is 4.70. The number of carbonyl (C=O) groups is 1. The van der Waals surface area contributed by atoms with Crippen LogP contribution in [0, 0.1) is 0 Å². The Bertz CT molecular complexity index is 1130. The van der Waals surface area contributed by atoms with E-state index in [9.17, 15) is 21.6 Å². The van der Waals surface area contributed by atoms with Gasteiger partial charge in [-0.25, -0.2) is 21.6 Å². The van der Waals surface area contributed by atoms with Crippen LogP contribution in [0.1, 0.15) is 10.4 Å². The Balaban J connectivity index is 1.82. The molecule has 0 unspecified atom stereocenters. The summed E-state index contributed by atoms with van der Waals surface area (Å²) in [5.41, 5.74) is -0.223. The number of hydrogen-bond donors (Lipinski definition) is 2. The summed E-state index contributed by atoms with van der Waals surface area (Å²) in [6.45, 7) is 1.13. The molecule has 1 heterocycles. The first kappa shape index (κ1) is 21.5. The van der Waals surface area contributed by atoms with Gasteiger partial charge in [-0.1, -0.05) is 11.6 Å². The van der Waals surface area contributed by atoms with Crippen LogP contribution in [-0.2, 0) is 24.8 Å². The van der Waals surface area contributed by atoms with E-state index >= 15 is 0 Å². The largest absolute Gasteiger partial charge is 0.478 e. The second-order valence-corrected chi connectivity index (χ2v) is 10.1. The van der Waals surface area contributed by atoms with Crippen molar-refractivity contribution in [2.24, 2.45) is 0 Å². The van der Waals surface area contributed by atoms with E-state index in [1.807, 2.05) is 0 Å². The van der Waals surface area contributed by atoms with Crippen LogP contribution in [0.15, 0.2) is 52.3 Å². The van der Waals surface area contributed by atoms with Gasteiger partial charge in [0.1, 0.15) is 0 Å². The van der Waals surface area contributed by atoms with Gasteiger partial charge in [0.25, 0.3) is 10.0 Å². The number of ether oxygens (including phenoxy) is 1. The van der Waals surface area contributed by atoms with Gasteiger partial charge < -0.3 is 9.84 Å². The van der Waals surface area contributed by atoms with Crippen molar-refractivity contribution in [3.8, 4) is 0 Å². The Morgan fingerprint density at radius 2 is 1.59 bits per heavy atom. The predicted molar refractivity (Wildman–Crippen MR) is 105 cm³/mol. The number of benzene rings is 2. The van der Waals surface area contributed by atoms with Crippen molar-refractivity contribution in [2.45, 2.75) is 9.79 Å². The lowest BCUT2D eigenvalue weighted by Gasteiger charge is -2.26. The third-order valence-electron chi connectivity index (χ3n) is 4.19. The summed E-state index contributed by atoms with van der Waals surface area (Å²) >= 11 is 5.76. The van der Waals surface area contributed by atoms with Crippen molar-refractivity contribution >= 4 is 43.3 Å². The number of carboxylic acid groups (broad SMARTS) is 1. The Hall–Kier alpha value is -2.18. The topological polar surface area (TPSA) is 130 Å². The minimum atomic E-state index is -4.10. The summed E-state index contributed by atoms with van der Waals surface area (Å²) in [4.78, 5) is 10.9. The van der Waals surface area contributed by atoms with Gasteiger partial charge in [-0.2, -0.15) is 4.31 Å². The molecule has 3 rings (SSSR count). The maximum Gasteiger partial charge on any atom is 0.337 e. The van der Waals surface area contributed by atoms with Crippen molar-refractivity contribution in [3.05, 3.63) is 53.1 Å². The van der Waals surface area contributed by atoms with Crippen LogP contribution in [0.4, 0.5) is 5.69 Å². The van der Waals surface area contributed by atoms with Crippen LogP contribution in [0.5, 0.6) is 0 Å². The Labute approximate surface area is 173 Å². The lowest BCUT2D eigenvalue weighted by molar-refractivity contribution is 0.0696. The first-order valence-electron chi connectivity index (χ1n) is 8.35. The van der Waals surface area contributed by atoms with Crippen molar-refractivity contribution in [1.29, 1.82) is 0 Å². The summed E-state index contributed by atoms with van der Waals surface area (Å²) < 4.78 is 59.0. The van der Waals surface area contributed by atoms with Crippen LogP contribution in [-0.4, -0.2) is 58.5 Å². The second kappa shape index (κ2) is 8.28. The fourth-order valence-electron chi connectivity index (χ4n) is 2.68. The van der Waals surface area contributed by atoms with Crippen molar-refractivity contribution in [1.82, 2.24) is 4.31 Å². The first-order valence-corrected chi connectivity index (χ1v) is 11.6. The number of carboxylic acids is 1. The number of anilines is 1. The van der Waals surface area contributed by atoms with E-state index in [4.69, 9.17) is 21.4 Å². The molecule has 156 valence electrons. The number of nitrogens with zero attached hydrogens (tertiary/aromatic N) is 1. The molecule has 1 aliphatic heterocycles. The summed E-state index contributed by atoms with van der Waals surface area (Å²) in [6, 6.07) is 8.54. The highest BCUT2D eigenvalue weighted by atomic mass is 35.5. The highest BCUT2D eigenvalue weighted by molar-refractivity contribution is 7.92. The predicted octanol–water partition coefficient (Wildman–Crippen LogP) is 1.86. The molecule has 0 aliphatic carbocycles. The minimum Gasteiger partial charge on any atom is -0.478 e.